The third kappa shape index (κ3) is 3.51. The highest BCUT2D eigenvalue weighted by Crippen LogP contribution is 1.97. The summed E-state index contributed by atoms with van der Waals surface area (Å²) >= 11 is 0. The van der Waals surface area contributed by atoms with Crippen LogP contribution in [0.25, 0.3) is 0 Å². The molecule has 0 heterocycles. The molecule has 0 aromatic rings. The number of hydrogen-bond donors (Lipinski definition) is 1. The zero-order chi connectivity index (χ0) is 9.02. The van der Waals surface area contributed by atoms with Crippen LogP contribution >= 0.6 is 0 Å². The Balaban J connectivity index is 3.84. The average Bonchev–Trinajstić information content (AvgIpc) is 1.87. The third-order valence-corrected chi connectivity index (χ3v) is 1.08. The molecule has 2 atom stereocenters. The van der Waals surface area contributed by atoms with E-state index in [0.29, 0.717) is 0 Å². The lowest BCUT2D eigenvalue weighted by Crippen LogP contribution is -2.69. The summed E-state index contributed by atoms with van der Waals surface area (Å²) in [6.45, 7) is 0. The van der Waals surface area contributed by atoms with Crippen molar-refractivity contribution >= 4 is 11.9 Å². The zero-order valence-corrected chi connectivity index (χ0v) is 5.58. The Morgan fingerprint density at radius 3 is 2.09 bits per heavy atom. The van der Waals surface area contributed by atoms with Gasteiger partial charge in [-0.3, -0.25) is 0 Å². The van der Waals surface area contributed by atoms with E-state index in [-0.39, 0.29) is 0 Å². The minimum atomic E-state index is -2.30. The molecular formula is C5H7FNO4-. The van der Waals surface area contributed by atoms with Crippen LogP contribution in [-0.4, -0.2) is 24.2 Å². The van der Waals surface area contributed by atoms with Crippen LogP contribution in [0, 0.1) is 0 Å². The number of rotatable bonds is 4. The Hall–Kier alpha value is -1.17. The lowest BCUT2D eigenvalue weighted by Gasteiger charge is -2.12. The van der Waals surface area contributed by atoms with Crippen molar-refractivity contribution in [3.05, 3.63) is 0 Å². The predicted octanol–water partition coefficient (Wildman–Crippen LogP) is -4.18. The van der Waals surface area contributed by atoms with E-state index in [9.17, 15) is 24.2 Å². The molecule has 0 aliphatic carbocycles. The molecule has 0 saturated carbocycles. The molecular weight excluding hydrogens is 157 g/mol. The van der Waals surface area contributed by atoms with Gasteiger partial charge in [-0.2, -0.15) is 0 Å². The van der Waals surface area contributed by atoms with Gasteiger partial charge in [-0.1, -0.05) is 0 Å². The predicted molar refractivity (Wildman–Crippen MR) is 26.2 cm³/mol. The second-order valence-corrected chi connectivity index (χ2v) is 2.04. The van der Waals surface area contributed by atoms with Gasteiger partial charge in [0.15, 0.2) is 0 Å². The second kappa shape index (κ2) is 3.87. The van der Waals surface area contributed by atoms with E-state index in [1.54, 1.807) is 0 Å². The maximum absolute atomic E-state index is 12.1. The van der Waals surface area contributed by atoms with Crippen molar-refractivity contribution in [2.24, 2.45) is 0 Å². The molecule has 0 fully saturated rings. The van der Waals surface area contributed by atoms with Crippen LogP contribution in [0.1, 0.15) is 6.42 Å². The smallest absolute Gasteiger partial charge is 0.145 e. The van der Waals surface area contributed by atoms with Crippen LogP contribution in [0.3, 0.4) is 0 Å². The molecule has 0 aromatic carbocycles. The molecule has 0 radical (unpaired) electrons. The number of alkyl halides is 1. The number of halogens is 1. The van der Waals surface area contributed by atoms with Crippen molar-refractivity contribution in [2.75, 3.05) is 0 Å². The topological polar surface area (TPSA) is 108 Å². The maximum Gasteiger partial charge on any atom is 0.145 e. The van der Waals surface area contributed by atoms with Gasteiger partial charge in [0.1, 0.15) is 12.2 Å². The average molecular weight is 164 g/mol. The van der Waals surface area contributed by atoms with Crippen LogP contribution in [0.4, 0.5) is 4.39 Å². The van der Waals surface area contributed by atoms with Gasteiger partial charge in [0.25, 0.3) is 0 Å². The molecule has 6 heteroatoms. The van der Waals surface area contributed by atoms with Gasteiger partial charge in [-0.25, -0.2) is 4.39 Å². The molecule has 0 aliphatic rings. The first kappa shape index (κ1) is 9.83. The van der Waals surface area contributed by atoms with Crippen molar-refractivity contribution in [1.82, 2.24) is 0 Å². The molecule has 3 N–H and O–H groups in total. The molecule has 0 amide bonds. The van der Waals surface area contributed by atoms with Crippen LogP contribution in [0.15, 0.2) is 0 Å². The number of quaternary nitrogens is 1. The summed E-state index contributed by atoms with van der Waals surface area (Å²) in [4.78, 5) is 19.6. The number of carbonyl (C=O) groups is 2. The summed E-state index contributed by atoms with van der Waals surface area (Å²) in [6, 6.07) is -1.36. The Morgan fingerprint density at radius 1 is 1.36 bits per heavy atom. The lowest BCUT2D eigenvalue weighted by molar-refractivity contribution is -0.440. The van der Waals surface area contributed by atoms with E-state index in [4.69, 9.17) is 0 Å². The molecule has 0 rings (SSSR count). The first-order valence-corrected chi connectivity index (χ1v) is 2.84. The Morgan fingerprint density at radius 2 is 1.82 bits per heavy atom. The molecule has 0 bridgehead atoms. The minimum Gasteiger partial charge on any atom is -0.547 e. The molecule has 0 unspecified atom stereocenters. The summed E-state index contributed by atoms with van der Waals surface area (Å²) in [5, 5.41) is 19.6. The summed E-state index contributed by atoms with van der Waals surface area (Å²) in [7, 11) is 0. The molecule has 0 aromatic heterocycles. The van der Waals surface area contributed by atoms with E-state index in [1.165, 1.54) is 0 Å². The van der Waals surface area contributed by atoms with Crippen molar-refractivity contribution in [3.63, 3.8) is 0 Å². The van der Waals surface area contributed by atoms with Gasteiger partial charge >= 0.3 is 0 Å². The quantitative estimate of drug-likeness (QED) is 0.454. The second-order valence-electron chi connectivity index (χ2n) is 2.04. The van der Waals surface area contributed by atoms with E-state index in [2.05, 4.69) is 5.73 Å². The number of carboxylic acid groups (broad SMARTS) is 2. The summed E-state index contributed by atoms with van der Waals surface area (Å²) in [6.07, 6.45) is -3.01. The van der Waals surface area contributed by atoms with E-state index >= 15 is 0 Å². The fourth-order valence-corrected chi connectivity index (χ4v) is 0.442. The highest BCUT2D eigenvalue weighted by atomic mass is 19.1. The van der Waals surface area contributed by atoms with Crippen LogP contribution < -0.4 is 15.9 Å². The fraction of sp³-hybridized carbons (Fsp3) is 0.600. The lowest BCUT2D eigenvalue weighted by atomic mass is 10.1. The highest BCUT2D eigenvalue weighted by molar-refractivity contribution is 5.73. The van der Waals surface area contributed by atoms with Gasteiger partial charge in [-0.15, -0.1) is 0 Å². The SMILES string of the molecule is [NH3+][C@H](C[C@H](F)C(=O)[O-])C(=O)[O-]. The van der Waals surface area contributed by atoms with Gasteiger partial charge in [0.2, 0.25) is 0 Å². The minimum absolute atomic E-state index is 0.718. The first-order chi connectivity index (χ1) is 4.95. The zero-order valence-electron chi connectivity index (χ0n) is 5.58. The van der Waals surface area contributed by atoms with Gasteiger partial charge in [0, 0.05) is 6.42 Å². The molecule has 0 saturated heterocycles. The third-order valence-electron chi connectivity index (χ3n) is 1.08. The number of carbonyl (C=O) groups excluding carboxylic acids is 2. The Bertz CT molecular complexity index is 154. The number of hydrogen-bond acceptors (Lipinski definition) is 4. The standard InChI is InChI=1S/C5H8FNO4/c6-2(4(8)9)1-3(7)5(10)11/h2-3H,1,7H2,(H,8,9)(H,10,11)/p-1/t2-,3+/m0/s1. The normalized spacial score (nSPS) is 15.5. The van der Waals surface area contributed by atoms with E-state index < -0.39 is 30.6 Å². The Kier molecular flexibility index (Phi) is 3.46. The number of carboxylic acids is 2. The summed E-state index contributed by atoms with van der Waals surface area (Å²) < 4.78 is 12.1. The number of aliphatic carboxylic acids is 2. The van der Waals surface area contributed by atoms with Crippen LogP contribution in [-0.2, 0) is 9.59 Å². The largest absolute Gasteiger partial charge is 0.547 e. The molecule has 11 heavy (non-hydrogen) atoms. The molecule has 0 aliphatic heterocycles. The monoisotopic (exact) mass is 164 g/mol. The van der Waals surface area contributed by atoms with E-state index in [0.717, 1.165) is 0 Å². The molecule has 0 spiro atoms. The molecule has 5 nitrogen and oxygen atoms in total. The van der Waals surface area contributed by atoms with Gasteiger partial charge in [-0.05, 0) is 0 Å². The van der Waals surface area contributed by atoms with Crippen LogP contribution in [0.5, 0.6) is 0 Å². The first-order valence-electron chi connectivity index (χ1n) is 2.84. The maximum atomic E-state index is 12.1. The van der Waals surface area contributed by atoms with Gasteiger partial charge < -0.3 is 25.5 Å². The van der Waals surface area contributed by atoms with Crippen LogP contribution in [0.2, 0.25) is 0 Å². The van der Waals surface area contributed by atoms with Crippen molar-refractivity contribution in [2.45, 2.75) is 18.6 Å². The fourth-order valence-electron chi connectivity index (χ4n) is 0.442. The van der Waals surface area contributed by atoms with Gasteiger partial charge in [0.05, 0.1) is 11.9 Å². The summed E-state index contributed by atoms with van der Waals surface area (Å²) in [5.74, 6) is -3.51. The molecule has 64 valence electrons. The van der Waals surface area contributed by atoms with E-state index in [1.807, 2.05) is 0 Å². The van der Waals surface area contributed by atoms with Crippen molar-refractivity contribution in [1.29, 1.82) is 0 Å². The van der Waals surface area contributed by atoms with Crippen molar-refractivity contribution < 1.29 is 29.9 Å². The van der Waals surface area contributed by atoms with Crippen molar-refractivity contribution in [3.8, 4) is 0 Å². The highest BCUT2D eigenvalue weighted by Gasteiger charge is 2.16. The Labute approximate surface area is 61.6 Å². The summed E-state index contributed by atoms with van der Waals surface area (Å²) in [5.41, 5.74) is 2.97.